The minimum atomic E-state index is -3.65. The Morgan fingerprint density at radius 3 is 2.48 bits per heavy atom. The van der Waals surface area contributed by atoms with Gasteiger partial charge in [-0.25, -0.2) is 13.1 Å². The molecule has 2 N–H and O–H groups in total. The molecule has 0 radical (unpaired) electrons. The van der Waals surface area contributed by atoms with Crippen molar-refractivity contribution in [3.63, 3.8) is 0 Å². The predicted molar refractivity (Wildman–Crippen MR) is 87.6 cm³/mol. The van der Waals surface area contributed by atoms with Crippen LogP contribution in [0.25, 0.3) is 0 Å². The Kier molecular flexibility index (Phi) is 7.39. The maximum atomic E-state index is 12.3. The summed E-state index contributed by atoms with van der Waals surface area (Å²) in [5.41, 5.74) is 0.689. The van der Waals surface area contributed by atoms with E-state index in [4.69, 9.17) is 23.2 Å². The zero-order valence-corrected chi connectivity index (χ0v) is 14.7. The highest BCUT2D eigenvalue weighted by Gasteiger charge is 2.19. The molecule has 21 heavy (non-hydrogen) atoms. The lowest BCUT2D eigenvalue weighted by Gasteiger charge is -2.15. The first-order chi connectivity index (χ1) is 9.81. The second kappa shape index (κ2) is 8.31. The normalized spacial score (nSPS) is 12.1. The summed E-state index contributed by atoms with van der Waals surface area (Å²) >= 11 is 12.1. The van der Waals surface area contributed by atoms with Gasteiger partial charge in [0, 0.05) is 24.7 Å². The molecule has 120 valence electrons. The molecule has 0 unspecified atom stereocenters. The fourth-order valence-corrected chi connectivity index (χ4v) is 3.59. The lowest BCUT2D eigenvalue weighted by atomic mass is 10.2. The van der Waals surface area contributed by atoms with Gasteiger partial charge in [0.1, 0.15) is 4.90 Å². The second-order valence-corrected chi connectivity index (χ2v) is 7.25. The van der Waals surface area contributed by atoms with E-state index >= 15 is 0 Å². The third-order valence-electron chi connectivity index (χ3n) is 3.08. The largest absolute Gasteiger partial charge is 0.316 e. The molecule has 1 aromatic carbocycles. The third kappa shape index (κ3) is 5.39. The van der Waals surface area contributed by atoms with Gasteiger partial charge in [0.15, 0.2) is 0 Å². The van der Waals surface area contributed by atoms with Crippen molar-refractivity contribution in [2.24, 2.45) is 0 Å². The number of benzene rings is 1. The number of nitrogens with zero attached hydrogens (tertiary/aromatic N) is 1. The van der Waals surface area contributed by atoms with Crippen molar-refractivity contribution in [2.75, 3.05) is 33.7 Å². The monoisotopic (exact) mass is 353 g/mol. The van der Waals surface area contributed by atoms with Gasteiger partial charge in [-0.3, -0.25) is 0 Å². The van der Waals surface area contributed by atoms with Crippen molar-refractivity contribution >= 4 is 33.2 Å². The first-order valence-corrected chi connectivity index (χ1v) is 8.86. The molecule has 0 aliphatic rings. The van der Waals surface area contributed by atoms with Gasteiger partial charge in [0.25, 0.3) is 0 Å². The van der Waals surface area contributed by atoms with E-state index < -0.39 is 10.0 Å². The Labute approximate surface area is 136 Å². The number of sulfonamides is 1. The van der Waals surface area contributed by atoms with Gasteiger partial charge >= 0.3 is 0 Å². The quantitative estimate of drug-likeness (QED) is 0.749. The minimum absolute atomic E-state index is 0.0537. The molecule has 1 aromatic rings. The standard InChI is InChI=1S/C13H21Cl2N3O2S/c1-4-18(3)6-5-17-21(19,20)13-7-10(9-16-2)11(14)8-12(13)15/h7-8,16-17H,4-6,9H2,1-3H3. The Morgan fingerprint density at radius 1 is 1.24 bits per heavy atom. The molecule has 0 saturated carbocycles. The van der Waals surface area contributed by atoms with E-state index in [0.717, 1.165) is 6.54 Å². The molecule has 8 heteroatoms. The summed E-state index contributed by atoms with van der Waals surface area (Å²) in [7, 11) is 0.0396. The Bertz CT molecular complexity index is 579. The first-order valence-electron chi connectivity index (χ1n) is 6.62. The van der Waals surface area contributed by atoms with Crippen molar-refractivity contribution in [3.8, 4) is 0 Å². The van der Waals surface area contributed by atoms with Crippen molar-refractivity contribution in [2.45, 2.75) is 18.4 Å². The van der Waals surface area contributed by atoms with Crippen LogP contribution in [-0.4, -0.2) is 47.0 Å². The SMILES string of the molecule is CCN(C)CCNS(=O)(=O)c1cc(CNC)c(Cl)cc1Cl. The molecule has 0 aliphatic carbocycles. The molecule has 1 rings (SSSR count). The van der Waals surface area contributed by atoms with E-state index in [-0.39, 0.29) is 9.92 Å². The Hall–Kier alpha value is -0.370. The first kappa shape index (κ1) is 18.7. The molecule has 0 bridgehead atoms. The lowest BCUT2D eigenvalue weighted by molar-refractivity contribution is 0.358. The van der Waals surface area contributed by atoms with Crippen molar-refractivity contribution in [1.29, 1.82) is 0 Å². The number of rotatable bonds is 8. The van der Waals surface area contributed by atoms with Crippen LogP contribution in [0.1, 0.15) is 12.5 Å². The second-order valence-electron chi connectivity index (χ2n) is 4.70. The molecule has 0 fully saturated rings. The van der Waals surface area contributed by atoms with Gasteiger partial charge < -0.3 is 10.2 Å². The summed E-state index contributed by atoms with van der Waals surface area (Å²) in [6, 6.07) is 2.97. The van der Waals surface area contributed by atoms with E-state index in [1.807, 2.05) is 18.9 Å². The van der Waals surface area contributed by atoms with E-state index in [1.165, 1.54) is 12.1 Å². The zero-order valence-electron chi connectivity index (χ0n) is 12.4. The smallest absolute Gasteiger partial charge is 0.242 e. The molecule has 0 aromatic heterocycles. The van der Waals surface area contributed by atoms with Crippen LogP contribution in [-0.2, 0) is 16.6 Å². The summed E-state index contributed by atoms with van der Waals surface area (Å²) in [4.78, 5) is 2.07. The van der Waals surface area contributed by atoms with Crippen LogP contribution in [0.2, 0.25) is 10.0 Å². The molecule has 0 atom stereocenters. The van der Waals surface area contributed by atoms with Crippen molar-refractivity contribution < 1.29 is 8.42 Å². The topological polar surface area (TPSA) is 61.4 Å². The van der Waals surface area contributed by atoms with Gasteiger partial charge in [-0.2, -0.15) is 0 Å². The molecule has 0 heterocycles. The molecule has 0 amide bonds. The van der Waals surface area contributed by atoms with E-state index in [1.54, 1.807) is 7.05 Å². The van der Waals surface area contributed by atoms with Gasteiger partial charge in [-0.05, 0) is 38.3 Å². The number of nitrogens with one attached hydrogen (secondary N) is 2. The number of halogens is 2. The molecule has 0 aliphatic heterocycles. The van der Waals surface area contributed by atoms with Crippen LogP contribution in [0.5, 0.6) is 0 Å². The molecule has 0 saturated heterocycles. The molecule has 0 spiro atoms. The van der Waals surface area contributed by atoms with Crippen LogP contribution >= 0.6 is 23.2 Å². The maximum absolute atomic E-state index is 12.3. The molecule has 5 nitrogen and oxygen atoms in total. The minimum Gasteiger partial charge on any atom is -0.316 e. The van der Waals surface area contributed by atoms with Crippen molar-refractivity contribution in [3.05, 3.63) is 27.7 Å². The number of hydrogen-bond acceptors (Lipinski definition) is 4. The average molecular weight is 354 g/mol. The van der Waals surface area contributed by atoms with Gasteiger partial charge in [0.05, 0.1) is 5.02 Å². The van der Waals surface area contributed by atoms with Crippen LogP contribution in [0, 0.1) is 0 Å². The molecular formula is C13H21Cl2N3O2S. The van der Waals surface area contributed by atoms with Gasteiger partial charge in [0.2, 0.25) is 10.0 Å². The number of hydrogen-bond donors (Lipinski definition) is 2. The Morgan fingerprint density at radius 2 is 1.90 bits per heavy atom. The average Bonchev–Trinajstić information content (AvgIpc) is 2.41. The van der Waals surface area contributed by atoms with E-state index in [2.05, 4.69) is 10.0 Å². The number of likely N-dealkylation sites (N-methyl/N-ethyl adjacent to an activating group) is 1. The highest BCUT2D eigenvalue weighted by atomic mass is 35.5. The zero-order chi connectivity index (χ0) is 16.0. The highest BCUT2D eigenvalue weighted by Crippen LogP contribution is 2.28. The van der Waals surface area contributed by atoms with Crippen LogP contribution in [0.15, 0.2) is 17.0 Å². The third-order valence-corrected chi connectivity index (χ3v) is 5.36. The van der Waals surface area contributed by atoms with Crippen molar-refractivity contribution in [1.82, 2.24) is 14.9 Å². The van der Waals surface area contributed by atoms with Gasteiger partial charge in [-0.15, -0.1) is 0 Å². The fraction of sp³-hybridized carbons (Fsp3) is 0.538. The summed E-state index contributed by atoms with van der Waals surface area (Å²) in [6.45, 7) is 4.29. The highest BCUT2D eigenvalue weighted by molar-refractivity contribution is 7.89. The van der Waals surface area contributed by atoms with Crippen LogP contribution < -0.4 is 10.0 Å². The van der Waals surface area contributed by atoms with E-state index in [0.29, 0.717) is 30.2 Å². The summed E-state index contributed by atoms with van der Waals surface area (Å²) < 4.78 is 27.2. The van der Waals surface area contributed by atoms with Crippen LogP contribution in [0.4, 0.5) is 0 Å². The fourth-order valence-electron chi connectivity index (χ4n) is 1.71. The Balaban J connectivity index is 2.94. The van der Waals surface area contributed by atoms with Crippen LogP contribution in [0.3, 0.4) is 0 Å². The lowest BCUT2D eigenvalue weighted by Crippen LogP contribution is -2.33. The predicted octanol–water partition coefficient (Wildman–Crippen LogP) is 1.94. The maximum Gasteiger partial charge on any atom is 0.242 e. The van der Waals surface area contributed by atoms with E-state index in [9.17, 15) is 8.42 Å². The summed E-state index contributed by atoms with van der Waals surface area (Å²) in [5.74, 6) is 0. The summed E-state index contributed by atoms with van der Waals surface area (Å²) in [6.07, 6.45) is 0. The molecular weight excluding hydrogens is 333 g/mol. The van der Waals surface area contributed by atoms with Gasteiger partial charge in [-0.1, -0.05) is 30.1 Å². The summed E-state index contributed by atoms with van der Waals surface area (Å²) in [5, 5.41) is 3.50.